The predicted molar refractivity (Wildman–Crippen MR) is 103 cm³/mol. The molecule has 0 aliphatic carbocycles. The summed E-state index contributed by atoms with van der Waals surface area (Å²) >= 11 is 0. The quantitative estimate of drug-likeness (QED) is 0.432. The molecule has 0 aliphatic rings. The smallest absolute Gasteiger partial charge is 0.0662 e. The van der Waals surface area contributed by atoms with Crippen LogP contribution in [0.5, 0.6) is 0 Å². The maximum Gasteiger partial charge on any atom is 0.0662 e. The number of ether oxygens (including phenoxy) is 1. The summed E-state index contributed by atoms with van der Waals surface area (Å²) in [7, 11) is 0. The van der Waals surface area contributed by atoms with Crippen molar-refractivity contribution in [1.82, 2.24) is 0 Å². The molecule has 144 valence electrons. The van der Waals surface area contributed by atoms with E-state index < -0.39 is 0 Å². The highest BCUT2D eigenvalue weighted by molar-refractivity contribution is 4.47. The highest BCUT2D eigenvalue weighted by Crippen LogP contribution is 2.09. The van der Waals surface area contributed by atoms with Crippen LogP contribution in [0.3, 0.4) is 0 Å². The number of hydrogen-bond donors (Lipinski definition) is 2. The molecular formula is C20H46O3. The van der Waals surface area contributed by atoms with Crippen LogP contribution in [-0.4, -0.2) is 36.6 Å². The van der Waals surface area contributed by atoms with E-state index in [1.54, 1.807) is 0 Å². The van der Waals surface area contributed by atoms with Gasteiger partial charge in [-0.05, 0) is 18.8 Å². The minimum absolute atomic E-state index is 0.125. The molecular weight excluding hydrogens is 288 g/mol. The molecule has 0 heterocycles. The van der Waals surface area contributed by atoms with Crippen molar-refractivity contribution >= 4 is 0 Å². The molecule has 0 radical (unpaired) electrons. The Kier molecular flexibility index (Phi) is 36.0. The van der Waals surface area contributed by atoms with Crippen LogP contribution >= 0.6 is 0 Å². The van der Waals surface area contributed by atoms with Crippen LogP contribution in [0.2, 0.25) is 0 Å². The second-order valence-corrected chi connectivity index (χ2v) is 6.13. The van der Waals surface area contributed by atoms with E-state index in [1.807, 2.05) is 0 Å². The summed E-state index contributed by atoms with van der Waals surface area (Å²) in [5.74, 6) is 0.954. The molecule has 0 aliphatic heterocycles. The number of aliphatic hydroxyl groups excluding tert-OH is 2. The first kappa shape index (κ1) is 27.7. The van der Waals surface area contributed by atoms with Crippen LogP contribution < -0.4 is 0 Å². The van der Waals surface area contributed by atoms with Crippen LogP contribution in [-0.2, 0) is 4.74 Å². The standard InChI is InChI=1S/C10H22O.C8H18.C2H6O2/c1-3-5-7-9-11-10-8-6-4-2;1-4-6-7-8(3)5-2;3-1-2-4/h3-10H2,1-2H3;8H,4-7H2,1-3H3;3-4H,1-2H2. The van der Waals surface area contributed by atoms with E-state index >= 15 is 0 Å². The Morgan fingerprint density at radius 3 is 1.43 bits per heavy atom. The first-order valence-electron chi connectivity index (χ1n) is 9.93. The molecule has 3 heteroatoms. The lowest BCUT2D eigenvalue weighted by Crippen LogP contribution is -1.96. The van der Waals surface area contributed by atoms with Crippen molar-refractivity contribution in [3.8, 4) is 0 Å². The van der Waals surface area contributed by atoms with Gasteiger partial charge in [0.2, 0.25) is 0 Å². The number of aliphatic hydroxyl groups is 2. The van der Waals surface area contributed by atoms with Gasteiger partial charge in [0.25, 0.3) is 0 Å². The maximum absolute atomic E-state index is 7.62. The van der Waals surface area contributed by atoms with E-state index in [9.17, 15) is 0 Å². The minimum Gasteiger partial charge on any atom is -0.394 e. The van der Waals surface area contributed by atoms with Gasteiger partial charge < -0.3 is 14.9 Å². The van der Waals surface area contributed by atoms with Crippen molar-refractivity contribution in [2.75, 3.05) is 26.4 Å². The van der Waals surface area contributed by atoms with Crippen LogP contribution in [0.4, 0.5) is 0 Å². The molecule has 2 N–H and O–H groups in total. The molecule has 0 saturated carbocycles. The first-order chi connectivity index (χ1) is 11.1. The van der Waals surface area contributed by atoms with E-state index in [0.29, 0.717) is 0 Å². The Bertz CT molecular complexity index is 153. The van der Waals surface area contributed by atoms with Gasteiger partial charge in [0, 0.05) is 13.2 Å². The molecule has 3 nitrogen and oxygen atoms in total. The summed E-state index contributed by atoms with van der Waals surface area (Å²) < 4.78 is 5.44. The largest absolute Gasteiger partial charge is 0.394 e. The highest BCUT2D eigenvalue weighted by atomic mass is 16.5. The summed E-state index contributed by atoms with van der Waals surface area (Å²) in [6, 6.07) is 0. The molecule has 1 atom stereocenters. The van der Waals surface area contributed by atoms with Crippen molar-refractivity contribution in [3.05, 3.63) is 0 Å². The van der Waals surface area contributed by atoms with Crippen LogP contribution in [0, 0.1) is 5.92 Å². The zero-order valence-corrected chi connectivity index (χ0v) is 16.8. The van der Waals surface area contributed by atoms with E-state index in [0.717, 1.165) is 19.1 Å². The van der Waals surface area contributed by atoms with Gasteiger partial charge in [-0.2, -0.15) is 0 Å². The van der Waals surface area contributed by atoms with Crippen molar-refractivity contribution in [2.45, 2.75) is 98.8 Å². The van der Waals surface area contributed by atoms with Gasteiger partial charge in [0.1, 0.15) is 0 Å². The normalized spacial score (nSPS) is 11.1. The van der Waals surface area contributed by atoms with Crippen molar-refractivity contribution in [3.63, 3.8) is 0 Å². The Morgan fingerprint density at radius 2 is 1.13 bits per heavy atom. The summed E-state index contributed by atoms with van der Waals surface area (Å²) in [4.78, 5) is 0. The fourth-order valence-electron chi connectivity index (χ4n) is 1.77. The van der Waals surface area contributed by atoms with Gasteiger partial charge in [0.15, 0.2) is 0 Å². The Balaban J connectivity index is -0.000000292. The molecule has 23 heavy (non-hydrogen) atoms. The number of hydrogen-bond acceptors (Lipinski definition) is 3. The van der Waals surface area contributed by atoms with E-state index in [1.165, 1.54) is 64.2 Å². The molecule has 0 rings (SSSR count). The Labute approximate surface area is 146 Å². The molecule has 0 amide bonds. The summed E-state index contributed by atoms with van der Waals surface area (Å²) in [6.45, 7) is 13.0. The monoisotopic (exact) mass is 334 g/mol. The Hall–Kier alpha value is -0.120. The molecule has 0 bridgehead atoms. The first-order valence-corrected chi connectivity index (χ1v) is 9.93. The molecule has 0 aromatic heterocycles. The molecule has 1 unspecified atom stereocenters. The molecule has 0 spiro atoms. The lowest BCUT2D eigenvalue weighted by atomic mass is 10.0. The zero-order chi connectivity index (χ0) is 18.2. The van der Waals surface area contributed by atoms with Crippen molar-refractivity contribution in [1.29, 1.82) is 0 Å². The average molecular weight is 335 g/mol. The zero-order valence-electron chi connectivity index (χ0n) is 16.8. The topological polar surface area (TPSA) is 49.7 Å². The van der Waals surface area contributed by atoms with Gasteiger partial charge in [-0.25, -0.2) is 0 Å². The third-order valence-corrected chi connectivity index (χ3v) is 3.63. The fourth-order valence-corrected chi connectivity index (χ4v) is 1.77. The lowest BCUT2D eigenvalue weighted by Gasteiger charge is -2.04. The highest BCUT2D eigenvalue weighted by Gasteiger charge is 1.94. The van der Waals surface area contributed by atoms with E-state index in [4.69, 9.17) is 14.9 Å². The van der Waals surface area contributed by atoms with Gasteiger partial charge in [-0.1, -0.05) is 86.0 Å². The molecule has 0 aromatic rings. The van der Waals surface area contributed by atoms with Gasteiger partial charge in [0.05, 0.1) is 13.2 Å². The van der Waals surface area contributed by atoms with Crippen LogP contribution in [0.25, 0.3) is 0 Å². The predicted octanol–water partition coefficient (Wildman–Crippen LogP) is 5.58. The van der Waals surface area contributed by atoms with Gasteiger partial charge >= 0.3 is 0 Å². The third kappa shape index (κ3) is 39.1. The van der Waals surface area contributed by atoms with Crippen molar-refractivity contribution in [2.24, 2.45) is 5.92 Å². The summed E-state index contributed by atoms with van der Waals surface area (Å²) in [5.41, 5.74) is 0. The lowest BCUT2D eigenvalue weighted by molar-refractivity contribution is 0.126. The van der Waals surface area contributed by atoms with Crippen LogP contribution in [0.15, 0.2) is 0 Å². The van der Waals surface area contributed by atoms with E-state index in [-0.39, 0.29) is 13.2 Å². The minimum atomic E-state index is -0.125. The fraction of sp³-hybridized carbons (Fsp3) is 1.00. The second-order valence-electron chi connectivity index (χ2n) is 6.13. The van der Waals surface area contributed by atoms with Gasteiger partial charge in [-0.3, -0.25) is 0 Å². The van der Waals surface area contributed by atoms with E-state index in [2.05, 4.69) is 34.6 Å². The summed E-state index contributed by atoms with van der Waals surface area (Å²) in [6.07, 6.45) is 13.2. The second kappa shape index (κ2) is 29.8. The Morgan fingerprint density at radius 1 is 0.696 bits per heavy atom. The number of rotatable bonds is 13. The van der Waals surface area contributed by atoms with Crippen molar-refractivity contribution < 1.29 is 14.9 Å². The molecule has 0 fully saturated rings. The number of unbranched alkanes of at least 4 members (excludes halogenated alkanes) is 5. The maximum atomic E-state index is 7.62. The SMILES string of the molecule is CCCCC(C)CC.CCCCCOCCCCC.OCCO. The van der Waals surface area contributed by atoms with Gasteiger partial charge in [-0.15, -0.1) is 0 Å². The molecule has 0 saturated heterocycles. The average Bonchev–Trinajstić information content (AvgIpc) is 2.59. The summed E-state index contributed by atoms with van der Waals surface area (Å²) in [5, 5.41) is 15.2. The molecule has 0 aromatic carbocycles. The third-order valence-electron chi connectivity index (χ3n) is 3.63. The van der Waals surface area contributed by atoms with Crippen LogP contribution in [0.1, 0.15) is 98.8 Å².